The Balaban J connectivity index is 1.82. The number of aliphatic hydroxyl groups is 1. The van der Waals surface area contributed by atoms with Crippen molar-refractivity contribution in [2.45, 2.75) is 38.3 Å². The zero-order valence-corrected chi connectivity index (χ0v) is 16.8. The van der Waals surface area contributed by atoms with Crippen molar-refractivity contribution in [3.63, 3.8) is 0 Å². The van der Waals surface area contributed by atoms with E-state index in [1.165, 1.54) is 6.92 Å². The van der Waals surface area contributed by atoms with E-state index in [0.717, 1.165) is 11.1 Å². The van der Waals surface area contributed by atoms with E-state index in [9.17, 15) is 20.4 Å². The number of nitrogens with zero attached hydrogens (tertiary/aromatic N) is 3. The van der Waals surface area contributed by atoms with E-state index in [1.807, 2.05) is 36.4 Å². The molecular formula is C23H24N4O3. The van der Waals surface area contributed by atoms with Gasteiger partial charge in [-0.15, -0.1) is 0 Å². The predicted octanol–water partition coefficient (Wildman–Crippen LogP) is 1.70. The first-order chi connectivity index (χ1) is 14.5. The molecule has 1 aliphatic rings. The summed E-state index contributed by atoms with van der Waals surface area (Å²) < 4.78 is 5.76. The molecule has 3 rings (SSSR count). The van der Waals surface area contributed by atoms with Gasteiger partial charge < -0.3 is 15.2 Å². The Labute approximate surface area is 176 Å². The Morgan fingerprint density at radius 2 is 1.70 bits per heavy atom. The van der Waals surface area contributed by atoms with Crippen LogP contribution in [0.4, 0.5) is 0 Å². The number of benzene rings is 2. The second-order valence-corrected chi connectivity index (χ2v) is 7.40. The van der Waals surface area contributed by atoms with Gasteiger partial charge >= 0.3 is 0 Å². The Morgan fingerprint density at radius 3 is 2.20 bits per heavy atom. The normalized spacial score (nSPS) is 20.5. The number of rotatable bonds is 7. The molecule has 2 aromatic rings. The summed E-state index contributed by atoms with van der Waals surface area (Å²) in [5.41, 5.74) is 3.04. The summed E-state index contributed by atoms with van der Waals surface area (Å²) in [7, 11) is 0. The van der Waals surface area contributed by atoms with Crippen LogP contribution in [-0.4, -0.2) is 47.3 Å². The molecule has 1 saturated heterocycles. The maximum Gasteiger partial charge on any atom is 0.216 e. The maximum atomic E-state index is 11.2. The monoisotopic (exact) mass is 404 g/mol. The van der Waals surface area contributed by atoms with Gasteiger partial charge in [-0.3, -0.25) is 9.69 Å². The van der Waals surface area contributed by atoms with E-state index in [0.29, 0.717) is 30.8 Å². The molecule has 2 aromatic carbocycles. The second kappa shape index (κ2) is 10.00. The SMILES string of the molecule is CC(=O)NC[C@H]1OC[C@@H](N(Cc2cccc(C#N)c2)Cc2cccc(C#N)c2)[C@@H]1O. The van der Waals surface area contributed by atoms with E-state index in [-0.39, 0.29) is 18.5 Å². The van der Waals surface area contributed by atoms with Crippen LogP contribution in [-0.2, 0) is 22.6 Å². The van der Waals surface area contributed by atoms with Crippen LogP contribution in [0.15, 0.2) is 48.5 Å². The van der Waals surface area contributed by atoms with E-state index in [1.54, 1.807) is 12.1 Å². The van der Waals surface area contributed by atoms with Crippen LogP contribution < -0.4 is 5.32 Å². The third-order valence-electron chi connectivity index (χ3n) is 5.16. The Morgan fingerprint density at radius 1 is 1.13 bits per heavy atom. The summed E-state index contributed by atoms with van der Waals surface area (Å²) in [6, 6.07) is 18.7. The van der Waals surface area contributed by atoms with Crippen LogP contribution in [0.5, 0.6) is 0 Å². The molecule has 154 valence electrons. The summed E-state index contributed by atoms with van der Waals surface area (Å²) in [5.74, 6) is -0.173. The van der Waals surface area contributed by atoms with Gasteiger partial charge in [-0.05, 0) is 35.4 Å². The smallest absolute Gasteiger partial charge is 0.216 e. The van der Waals surface area contributed by atoms with E-state index in [4.69, 9.17) is 4.74 Å². The minimum absolute atomic E-state index is 0.173. The highest BCUT2D eigenvalue weighted by molar-refractivity contribution is 5.72. The largest absolute Gasteiger partial charge is 0.389 e. The lowest BCUT2D eigenvalue weighted by Gasteiger charge is -2.31. The van der Waals surface area contributed by atoms with Crippen molar-refractivity contribution in [2.24, 2.45) is 0 Å². The molecule has 7 heteroatoms. The molecular weight excluding hydrogens is 380 g/mol. The molecule has 7 nitrogen and oxygen atoms in total. The maximum absolute atomic E-state index is 11.2. The highest BCUT2D eigenvalue weighted by atomic mass is 16.5. The number of carbonyl (C=O) groups is 1. The topological polar surface area (TPSA) is 109 Å². The fourth-order valence-corrected chi connectivity index (χ4v) is 3.65. The summed E-state index contributed by atoms with van der Waals surface area (Å²) in [6.45, 7) is 3.00. The highest BCUT2D eigenvalue weighted by Crippen LogP contribution is 2.24. The van der Waals surface area contributed by atoms with Crippen LogP contribution in [0.2, 0.25) is 0 Å². The third-order valence-corrected chi connectivity index (χ3v) is 5.16. The Hall–Kier alpha value is -3.23. The van der Waals surface area contributed by atoms with Crippen LogP contribution in [0, 0.1) is 22.7 Å². The summed E-state index contributed by atoms with van der Waals surface area (Å²) in [4.78, 5) is 13.3. The van der Waals surface area contributed by atoms with Gasteiger partial charge in [0.15, 0.2) is 0 Å². The van der Waals surface area contributed by atoms with Crippen molar-refractivity contribution in [3.05, 3.63) is 70.8 Å². The number of nitrogens with one attached hydrogen (secondary N) is 1. The van der Waals surface area contributed by atoms with Crippen LogP contribution in [0.1, 0.15) is 29.2 Å². The highest BCUT2D eigenvalue weighted by Gasteiger charge is 2.39. The molecule has 0 unspecified atom stereocenters. The molecule has 1 amide bonds. The summed E-state index contributed by atoms with van der Waals surface area (Å²) in [5, 5.41) is 31.9. The van der Waals surface area contributed by atoms with Gasteiger partial charge in [0.1, 0.15) is 6.10 Å². The quantitative estimate of drug-likeness (QED) is 0.727. The lowest BCUT2D eigenvalue weighted by molar-refractivity contribution is -0.119. The van der Waals surface area contributed by atoms with Crippen LogP contribution >= 0.6 is 0 Å². The Kier molecular flexibility index (Phi) is 7.16. The Bertz CT molecular complexity index is 919. The van der Waals surface area contributed by atoms with Crippen molar-refractivity contribution in [2.75, 3.05) is 13.2 Å². The van der Waals surface area contributed by atoms with E-state index >= 15 is 0 Å². The molecule has 0 bridgehead atoms. The fourth-order valence-electron chi connectivity index (χ4n) is 3.65. The molecule has 0 spiro atoms. The van der Waals surface area contributed by atoms with Gasteiger partial charge in [-0.2, -0.15) is 10.5 Å². The number of carbonyl (C=O) groups excluding carboxylic acids is 1. The van der Waals surface area contributed by atoms with Gasteiger partial charge in [0.05, 0.1) is 42.0 Å². The van der Waals surface area contributed by atoms with Gasteiger partial charge in [-0.1, -0.05) is 24.3 Å². The molecule has 0 aromatic heterocycles. The average molecular weight is 404 g/mol. The van der Waals surface area contributed by atoms with Gasteiger partial charge in [-0.25, -0.2) is 0 Å². The number of ether oxygens (including phenoxy) is 1. The van der Waals surface area contributed by atoms with Gasteiger partial charge in [0.2, 0.25) is 5.91 Å². The van der Waals surface area contributed by atoms with Crippen molar-refractivity contribution in [1.82, 2.24) is 10.2 Å². The van der Waals surface area contributed by atoms with E-state index < -0.39 is 12.2 Å². The average Bonchev–Trinajstić information content (AvgIpc) is 3.12. The minimum atomic E-state index is -0.782. The number of nitriles is 2. The van der Waals surface area contributed by atoms with Crippen molar-refractivity contribution in [1.29, 1.82) is 10.5 Å². The minimum Gasteiger partial charge on any atom is -0.389 e. The predicted molar refractivity (Wildman–Crippen MR) is 110 cm³/mol. The lowest BCUT2D eigenvalue weighted by Crippen LogP contribution is -2.46. The molecule has 0 radical (unpaired) electrons. The van der Waals surface area contributed by atoms with Gasteiger partial charge in [0.25, 0.3) is 0 Å². The molecule has 30 heavy (non-hydrogen) atoms. The number of aliphatic hydroxyl groups excluding tert-OH is 1. The molecule has 3 atom stereocenters. The van der Waals surface area contributed by atoms with Gasteiger partial charge in [0, 0.05) is 26.6 Å². The first kappa shape index (κ1) is 21.5. The van der Waals surface area contributed by atoms with Crippen molar-refractivity contribution < 1.29 is 14.6 Å². The molecule has 2 N–H and O–H groups in total. The molecule has 1 aliphatic heterocycles. The first-order valence-electron chi connectivity index (χ1n) is 9.76. The van der Waals surface area contributed by atoms with Crippen LogP contribution in [0.25, 0.3) is 0 Å². The third kappa shape index (κ3) is 5.43. The van der Waals surface area contributed by atoms with E-state index in [2.05, 4.69) is 22.4 Å². The molecule has 1 fully saturated rings. The van der Waals surface area contributed by atoms with Crippen molar-refractivity contribution >= 4 is 5.91 Å². The van der Waals surface area contributed by atoms with Crippen molar-refractivity contribution in [3.8, 4) is 12.1 Å². The number of amides is 1. The molecule has 1 heterocycles. The lowest BCUT2D eigenvalue weighted by atomic mass is 10.0. The first-order valence-corrected chi connectivity index (χ1v) is 9.76. The zero-order valence-electron chi connectivity index (χ0n) is 16.8. The second-order valence-electron chi connectivity index (χ2n) is 7.40. The number of hydrogen-bond acceptors (Lipinski definition) is 6. The fraction of sp³-hybridized carbons (Fsp3) is 0.348. The molecule has 0 aliphatic carbocycles. The standard InChI is InChI=1S/C23H24N4O3/c1-16(28)26-12-22-23(29)21(15-30-22)27(13-19-6-2-4-17(8-19)10-24)14-20-7-3-5-18(9-20)11-25/h2-9,21-23,29H,12-15H2,1H3,(H,26,28)/t21-,22-,23+/m1/s1. The van der Waals surface area contributed by atoms with Crippen LogP contribution in [0.3, 0.4) is 0 Å². The zero-order chi connectivity index (χ0) is 21.5. The number of hydrogen-bond donors (Lipinski definition) is 2. The molecule has 0 saturated carbocycles. The summed E-state index contributed by atoms with van der Waals surface area (Å²) in [6.07, 6.45) is -1.27. The summed E-state index contributed by atoms with van der Waals surface area (Å²) >= 11 is 0.